The van der Waals surface area contributed by atoms with Gasteiger partial charge in [0.15, 0.2) is 0 Å². The molecular weight excluding hydrogens is 449 g/mol. The highest BCUT2D eigenvalue weighted by Gasteiger charge is 2.31. The highest BCUT2D eigenvalue weighted by molar-refractivity contribution is 6.07. The fourth-order valence-corrected chi connectivity index (χ4v) is 4.91. The summed E-state index contributed by atoms with van der Waals surface area (Å²) in [5.74, 6) is 0.616. The lowest BCUT2D eigenvalue weighted by atomic mass is 9.91. The fourth-order valence-electron chi connectivity index (χ4n) is 4.91. The summed E-state index contributed by atoms with van der Waals surface area (Å²) in [6.45, 7) is 4.08. The first-order chi connectivity index (χ1) is 16.1. The minimum absolute atomic E-state index is 0.168. The molecule has 6 aromatic rings. The molecule has 6 rings (SSSR count). The van der Waals surface area contributed by atoms with Crippen LogP contribution in [-0.4, -0.2) is 24.9 Å². The van der Waals surface area contributed by atoms with Gasteiger partial charge in [0.2, 0.25) is 0 Å². The van der Waals surface area contributed by atoms with Crippen LogP contribution in [0.2, 0.25) is 0 Å². The molecule has 4 heterocycles. The normalized spacial score (nSPS) is 12.8. The number of aromatic nitrogens is 4. The van der Waals surface area contributed by atoms with Gasteiger partial charge in [0, 0.05) is 22.6 Å². The molecule has 0 N–H and O–H groups in total. The molecule has 2 aromatic carbocycles. The first kappa shape index (κ1) is 20.5. The molecule has 0 atom stereocenters. The predicted octanol–water partition coefficient (Wildman–Crippen LogP) is 4.55. The number of halogens is 3. The summed E-state index contributed by atoms with van der Waals surface area (Å²) in [5, 5.41) is 4.52. The second-order valence-corrected chi connectivity index (χ2v) is 8.56. The topological polar surface area (TPSA) is 73.9 Å². The summed E-state index contributed by atoms with van der Waals surface area (Å²) >= 11 is 0. The highest BCUT2D eigenvalue weighted by Crippen LogP contribution is 2.41. The van der Waals surface area contributed by atoms with Crippen LogP contribution in [0.15, 0.2) is 50.5 Å². The SMILES string of the molecule is Cc1ccc2c(ccc(=O)n2CC(F)(F)F)c1-c1cc(-c2c(C)noc2C)cc2c1n1c(=O)n21. The molecule has 0 saturated heterocycles. The van der Waals surface area contributed by atoms with E-state index in [0.29, 0.717) is 39.0 Å². The first-order valence-electron chi connectivity index (χ1n) is 10.5. The van der Waals surface area contributed by atoms with Crippen molar-refractivity contribution in [1.29, 1.82) is 0 Å². The lowest BCUT2D eigenvalue weighted by Crippen LogP contribution is -2.27. The van der Waals surface area contributed by atoms with Crippen LogP contribution in [0, 0.1) is 20.8 Å². The van der Waals surface area contributed by atoms with Gasteiger partial charge in [-0.2, -0.15) is 22.2 Å². The van der Waals surface area contributed by atoms with Crippen molar-refractivity contribution in [3.8, 4) is 22.3 Å². The molecule has 0 radical (unpaired) electrons. The Kier molecular flexibility index (Phi) is 3.92. The van der Waals surface area contributed by atoms with E-state index >= 15 is 0 Å². The zero-order chi connectivity index (χ0) is 24.1. The summed E-state index contributed by atoms with van der Waals surface area (Å²) in [6, 6.07) is 9.70. The molecule has 34 heavy (non-hydrogen) atoms. The van der Waals surface area contributed by atoms with E-state index in [4.69, 9.17) is 4.52 Å². The van der Waals surface area contributed by atoms with Crippen LogP contribution >= 0.6 is 0 Å². The number of alkyl halides is 3. The van der Waals surface area contributed by atoms with Crippen LogP contribution in [0.5, 0.6) is 0 Å². The zero-order valence-corrected chi connectivity index (χ0v) is 18.3. The summed E-state index contributed by atoms with van der Waals surface area (Å²) in [6.07, 6.45) is -4.55. The van der Waals surface area contributed by atoms with Crippen molar-refractivity contribution >= 4 is 21.9 Å². The number of hydrogen-bond acceptors (Lipinski definition) is 4. The Labute approximate surface area is 188 Å². The molecule has 0 unspecified atom stereocenters. The van der Waals surface area contributed by atoms with E-state index in [1.807, 2.05) is 26.0 Å². The van der Waals surface area contributed by atoms with Crippen LogP contribution in [0.4, 0.5) is 13.2 Å². The van der Waals surface area contributed by atoms with Gasteiger partial charge >= 0.3 is 11.9 Å². The summed E-state index contributed by atoms with van der Waals surface area (Å²) in [4.78, 5) is 24.7. The van der Waals surface area contributed by atoms with Crippen LogP contribution < -0.4 is 11.2 Å². The van der Waals surface area contributed by atoms with Crippen molar-refractivity contribution < 1.29 is 17.7 Å². The summed E-state index contributed by atoms with van der Waals surface area (Å²) in [5.41, 5.74) is 5.09. The maximum Gasteiger partial charge on any atom is 0.406 e. The minimum Gasteiger partial charge on any atom is -0.361 e. The highest BCUT2D eigenvalue weighted by atomic mass is 19.4. The number of pyridine rings is 1. The maximum absolute atomic E-state index is 13.2. The van der Waals surface area contributed by atoms with Crippen molar-refractivity contribution in [2.75, 3.05) is 0 Å². The molecule has 0 amide bonds. The van der Waals surface area contributed by atoms with E-state index in [1.54, 1.807) is 19.1 Å². The van der Waals surface area contributed by atoms with Gasteiger partial charge in [-0.05, 0) is 61.7 Å². The van der Waals surface area contributed by atoms with Crippen molar-refractivity contribution in [2.45, 2.75) is 33.5 Å². The van der Waals surface area contributed by atoms with E-state index in [0.717, 1.165) is 27.3 Å². The van der Waals surface area contributed by atoms with E-state index < -0.39 is 18.3 Å². The summed E-state index contributed by atoms with van der Waals surface area (Å²) < 4.78 is 48.8. The first-order valence-corrected chi connectivity index (χ1v) is 10.5. The maximum atomic E-state index is 13.2. The van der Waals surface area contributed by atoms with Crippen LogP contribution in [0.25, 0.3) is 44.2 Å². The molecule has 0 spiro atoms. The second-order valence-electron chi connectivity index (χ2n) is 8.56. The third-order valence-electron chi connectivity index (χ3n) is 6.36. The zero-order valence-electron chi connectivity index (χ0n) is 18.3. The average Bonchev–Trinajstić information content (AvgIpc) is 3.18. The van der Waals surface area contributed by atoms with E-state index in [9.17, 15) is 22.8 Å². The smallest absolute Gasteiger partial charge is 0.361 e. The third-order valence-corrected chi connectivity index (χ3v) is 6.36. The van der Waals surface area contributed by atoms with E-state index in [1.165, 1.54) is 15.1 Å². The van der Waals surface area contributed by atoms with Gasteiger partial charge in [-0.3, -0.25) is 9.36 Å². The molecule has 10 heteroatoms. The van der Waals surface area contributed by atoms with Crippen LogP contribution in [0.3, 0.4) is 0 Å². The number of imidazole rings is 1. The number of benzene rings is 2. The Bertz CT molecular complexity index is 1830. The molecule has 0 aliphatic rings. The molecule has 0 aliphatic heterocycles. The molecule has 0 fully saturated rings. The monoisotopic (exact) mass is 466 g/mol. The average molecular weight is 466 g/mol. The Morgan fingerprint density at radius 2 is 1.71 bits per heavy atom. The van der Waals surface area contributed by atoms with Crippen molar-refractivity contribution in [1.82, 2.24) is 18.8 Å². The van der Waals surface area contributed by atoms with Gasteiger partial charge in [0.05, 0.1) is 16.7 Å². The molecule has 0 aliphatic carbocycles. The number of hydrogen-bond donors (Lipinski definition) is 0. The standard InChI is InChI=1S/C24H17F3N4O3/c1-11-4-6-17-15(5-7-19(32)29(17)10-24(25,26)27)20(11)16-8-14(21-12(2)28-34-13(21)3)9-18-22(16)31-23(33)30(18)31/h4-9H,10H2,1-3H3. The molecule has 0 bridgehead atoms. The summed E-state index contributed by atoms with van der Waals surface area (Å²) in [7, 11) is 0. The molecule has 0 saturated carbocycles. The van der Waals surface area contributed by atoms with Gasteiger partial charge in [0.1, 0.15) is 17.8 Å². The van der Waals surface area contributed by atoms with Crippen LogP contribution in [-0.2, 0) is 6.54 Å². The molecule has 7 nitrogen and oxygen atoms in total. The number of rotatable bonds is 3. The second kappa shape index (κ2) is 6.49. The third kappa shape index (κ3) is 2.74. The minimum atomic E-state index is -4.55. The lowest BCUT2D eigenvalue weighted by Gasteiger charge is -2.18. The Morgan fingerprint density at radius 3 is 2.38 bits per heavy atom. The van der Waals surface area contributed by atoms with E-state index in [-0.39, 0.29) is 11.2 Å². The predicted molar refractivity (Wildman–Crippen MR) is 120 cm³/mol. The van der Waals surface area contributed by atoms with Gasteiger partial charge in [-0.25, -0.2) is 4.79 Å². The largest absolute Gasteiger partial charge is 0.406 e. The van der Waals surface area contributed by atoms with Gasteiger partial charge in [-0.15, -0.1) is 0 Å². The van der Waals surface area contributed by atoms with Crippen molar-refractivity contribution in [2.24, 2.45) is 0 Å². The Balaban J connectivity index is 1.70. The van der Waals surface area contributed by atoms with Gasteiger partial charge in [-0.1, -0.05) is 11.2 Å². The van der Waals surface area contributed by atoms with Crippen LogP contribution in [0.1, 0.15) is 17.0 Å². The van der Waals surface area contributed by atoms with Crippen molar-refractivity contribution in [3.63, 3.8) is 0 Å². The Hall–Kier alpha value is -4.08. The lowest BCUT2D eigenvalue weighted by molar-refractivity contribution is -0.140. The molecule has 172 valence electrons. The molecule has 4 aromatic heterocycles. The quantitative estimate of drug-likeness (QED) is 0.384. The molecular formula is C24H17F3N4O3. The van der Waals surface area contributed by atoms with Crippen molar-refractivity contribution in [3.05, 3.63) is 74.3 Å². The van der Waals surface area contributed by atoms with Gasteiger partial charge in [0.25, 0.3) is 5.56 Å². The number of aryl methyl sites for hydroxylation is 3. The number of fused-ring (bicyclic) bond motifs is 5. The van der Waals surface area contributed by atoms with E-state index in [2.05, 4.69) is 5.16 Å². The Morgan fingerprint density at radius 1 is 0.941 bits per heavy atom. The van der Waals surface area contributed by atoms with Gasteiger partial charge < -0.3 is 4.52 Å². The number of nitrogens with zero attached hydrogens (tertiary/aromatic N) is 4. The fraction of sp³-hybridized carbons (Fsp3) is 0.208.